The number of rotatable bonds is 4. The summed E-state index contributed by atoms with van der Waals surface area (Å²) >= 11 is 1.44. The molecule has 3 N–H and O–H groups in total. The van der Waals surface area contributed by atoms with Crippen molar-refractivity contribution in [3.05, 3.63) is 41.1 Å². The minimum absolute atomic E-state index is 0.0255. The highest BCUT2D eigenvalue weighted by atomic mass is 32.2. The number of carbonyl (C=O) groups excluding carboxylic acids is 2. The first-order valence-corrected chi connectivity index (χ1v) is 12.3. The summed E-state index contributed by atoms with van der Waals surface area (Å²) < 4.78 is 14.4. The number of thioether (sulfide) groups is 1. The van der Waals surface area contributed by atoms with Crippen LogP contribution < -0.4 is 16.0 Å². The molecular weight excluding hydrogens is 415 g/mol. The van der Waals surface area contributed by atoms with Gasteiger partial charge in [-0.15, -0.1) is 11.8 Å². The molecule has 3 unspecified atom stereocenters. The largest absolute Gasteiger partial charge is 0.353 e. The lowest BCUT2D eigenvalue weighted by molar-refractivity contribution is -0.130. The number of hydrogen-bond acceptors (Lipinski definition) is 5. The van der Waals surface area contributed by atoms with Gasteiger partial charge in [-0.3, -0.25) is 19.8 Å². The minimum atomic E-state index is -0.304. The molecule has 166 valence electrons. The summed E-state index contributed by atoms with van der Waals surface area (Å²) in [6.45, 7) is 1.48. The fraction of sp³-hybridized carbons (Fsp3) is 0.565. The summed E-state index contributed by atoms with van der Waals surface area (Å²) in [7, 11) is 0. The molecule has 3 fully saturated rings. The first kappa shape index (κ1) is 21.0. The number of nitrogens with zero attached hydrogens (tertiary/aromatic N) is 1. The van der Waals surface area contributed by atoms with Gasteiger partial charge in [0.05, 0.1) is 6.04 Å². The van der Waals surface area contributed by atoms with E-state index in [4.69, 9.17) is 0 Å². The summed E-state index contributed by atoms with van der Waals surface area (Å²) in [4.78, 5) is 27.6. The molecule has 0 bridgehead atoms. The maximum absolute atomic E-state index is 14.4. The lowest BCUT2D eigenvalue weighted by atomic mass is 9.94. The molecule has 3 aliphatic heterocycles. The van der Waals surface area contributed by atoms with Crippen LogP contribution in [0.1, 0.15) is 44.1 Å². The standard InChI is InChI=1S/C23H29FN4O2S/c24-18-8-4-3-7-16(18)17-13-31-20-19(17)26-23(27-22(20)30)28-11-9-14(10-12-28)21(29)25-15-5-1-2-6-15/h3-4,7-8,13-15,19-20,23,26H,1-2,5-6,9-12H2,(H,25,29)(H,27,30). The number of benzene rings is 1. The van der Waals surface area contributed by atoms with Gasteiger partial charge in [0.2, 0.25) is 11.8 Å². The number of fused-ring (bicyclic) bond motifs is 1. The highest BCUT2D eigenvalue weighted by molar-refractivity contribution is 8.04. The van der Waals surface area contributed by atoms with Gasteiger partial charge >= 0.3 is 0 Å². The van der Waals surface area contributed by atoms with E-state index in [1.54, 1.807) is 12.1 Å². The van der Waals surface area contributed by atoms with Crippen LogP contribution in [0.4, 0.5) is 4.39 Å². The monoisotopic (exact) mass is 444 g/mol. The van der Waals surface area contributed by atoms with Crippen molar-refractivity contribution in [2.75, 3.05) is 13.1 Å². The van der Waals surface area contributed by atoms with Gasteiger partial charge < -0.3 is 10.6 Å². The Hall–Kier alpha value is -1.90. The van der Waals surface area contributed by atoms with Crippen LogP contribution in [0.15, 0.2) is 29.7 Å². The molecule has 31 heavy (non-hydrogen) atoms. The van der Waals surface area contributed by atoms with E-state index < -0.39 is 0 Å². The van der Waals surface area contributed by atoms with Crippen molar-refractivity contribution in [1.82, 2.24) is 20.9 Å². The van der Waals surface area contributed by atoms with Crippen molar-refractivity contribution in [2.24, 2.45) is 5.92 Å². The average Bonchev–Trinajstić information content (AvgIpc) is 3.44. The van der Waals surface area contributed by atoms with Gasteiger partial charge in [-0.05, 0) is 42.7 Å². The maximum Gasteiger partial charge on any atom is 0.237 e. The molecular formula is C23H29FN4O2S. The predicted molar refractivity (Wildman–Crippen MR) is 119 cm³/mol. The van der Waals surface area contributed by atoms with E-state index in [1.807, 2.05) is 11.5 Å². The van der Waals surface area contributed by atoms with Gasteiger partial charge in [0, 0.05) is 30.6 Å². The molecule has 6 nitrogen and oxygen atoms in total. The van der Waals surface area contributed by atoms with Crippen molar-refractivity contribution in [3.63, 3.8) is 0 Å². The molecule has 0 spiro atoms. The van der Waals surface area contributed by atoms with Gasteiger partial charge in [-0.25, -0.2) is 4.39 Å². The third-order valence-electron chi connectivity index (χ3n) is 7.01. The summed E-state index contributed by atoms with van der Waals surface area (Å²) in [6.07, 6.45) is 5.88. The Morgan fingerprint density at radius 2 is 1.87 bits per heavy atom. The predicted octanol–water partition coefficient (Wildman–Crippen LogP) is 2.42. The Morgan fingerprint density at radius 1 is 1.13 bits per heavy atom. The third-order valence-corrected chi connectivity index (χ3v) is 8.18. The minimum Gasteiger partial charge on any atom is -0.353 e. The fourth-order valence-corrected chi connectivity index (χ4v) is 6.35. The molecule has 1 aromatic rings. The number of nitrogens with one attached hydrogen (secondary N) is 3. The zero-order chi connectivity index (χ0) is 21.4. The summed E-state index contributed by atoms with van der Waals surface area (Å²) in [5, 5.41) is 11.4. The van der Waals surface area contributed by atoms with Crippen LogP contribution in [0.3, 0.4) is 0 Å². The highest BCUT2D eigenvalue weighted by Gasteiger charge is 2.44. The van der Waals surface area contributed by atoms with E-state index in [0.717, 1.165) is 44.3 Å². The van der Waals surface area contributed by atoms with E-state index in [9.17, 15) is 14.0 Å². The zero-order valence-corrected chi connectivity index (χ0v) is 18.3. The van der Waals surface area contributed by atoms with Crippen molar-refractivity contribution in [2.45, 2.75) is 62.1 Å². The first-order valence-electron chi connectivity index (χ1n) is 11.3. The molecule has 8 heteroatoms. The summed E-state index contributed by atoms with van der Waals surface area (Å²) in [6, 6.07) is 6.83. The van der Waals surface area contributed by atoms with Crippen molar-refractivity contribution in [3.8, 4) is 0 Å². The zero-order valence-electron chi connectivity index (χ0n) is 17.5. The van der Waals surface area contributed by atoms with Gasteiger partial charge in [-0.2, -0.15) is 0 Å². The Kier molecular flexibility index (Phi) is 6.03. The van der Waals surface area contributed by atoms with Crippen molar-refractivity contribution >= 4 is 29.1 Å². The van der Waals surface area contributed by atoms with Crippen molar-refractivity contribution in [1.29, 1.82) is 0 Å². The lowest BCUT2D eigenvalue weighted by Crippen LogP contribution is -2.68. The van der Waals surface area contributed by atoms with Crippen LogP contribution in [0, 0.1) is 11.7 Å². The van der Waals surface area contributed by atoms with Crippen LogP contribution in [-0.4, -0.2) is 53.4 Å². The lowest BCUT2D eigenvalue weighted by Gasteiger charge is -2.43. The summed E-state index contributed by atoms with van der Waals surface area (Å²) in [5.41, 5.74) is 1.38. The second-order valence-corrected chi connectivity index (χ2v) is 9.98. The molecule has 5 rings (SSSR count). The van der Waals surface area contributed by atoms with Gasteiger partial charge in [-0.1, -0.05) is 31.0 Å². The third kappa shape index (κ3) is 4.25. The number of likely N-dealkylation sites (tertiary alicyclic amines) is 1. The number of hydrogen-bond donors (Lipinski definition) is 3. The molecule has 1 saturated carbocycles. The number of carbonyl (C=O) groups is 2. The van der Waals surface area contributed by atoms with Crippen LogP contribution >= 0.6 is 11.8 Å². The van der Waals surface area contributed by atoms with Crippen LogP contribution in [0.2, 0.25) is 0 Å². The molecule has 0 aromatic heterocycles. The molecule has 0 radical (unpaired) electrons. The Balaban J connectivity index is 1.21. The van der Waals surface area contributed by atoms with Gasteiger partial charge in [0.15, 0.2) is 0 Å². The van der Waals surface area contributed by atoms with E-state index in [-0.39, 0.29) is 41.1 Å². The van der Waals surface area contributed by atoms with E-state index in [0.29, 0.717) is 11.6 Å². The molecule has 2 amide bonds. The quantitative estimate of drug-likeness (QED) is 0.665. The number of halogens is 1. The van der Waals surface area contributed by atoms with Crippen LogP contribution in [0.5, 0.6) is 0 Å². The second kappa shape index (κ2) is 8.92. The Bertz CT molecular complexity index is 880. The van der Waals surface area contributed by atoms with Gasteiger partial charge in [0.1, 0.15) is 17.4 Å². The number of piperidine rings is 1. The number of amides is 2. The second-order valence-electron chi connectivity index (χ2n) is 8.97. The van der Waals surface area contributed by atoms with Crippen molar-refractivity contribution < 1.29 is 14.0 Å². The highest BCUT2D eigenvalue weighted by Crippen LogP contribution is 2.39. The first-order chi connectivity index (χ1) is 15.1. The molecule has 1 aromatic carbocycles. The van der Waals surface area contributed by atoms with Gasteiger partial charge in [0.25, 0.3) is 0 Å². The van der Waals surface area contributed by atoms with Crippen LogP contribution in [-0.2, 0) is 9.59 Å². The fourth-order valence-electron chi connectivity index (χ4n) is 5.21. The molecule has 3 heterocycles. The SMILES string of the molecule is O=C(NC1CCCC1)C1CCN(C2NC(=O)C3SC=C(c4ccccc4F)C3N2)CC1. The summed E-state index contributed by atoms with van der Waals surface area (Å²) in [5.74, 6) is -0.0696. The average molecular weight is 445 g/mol. The molecule has 3 atom stereocenters. The molecule has 1 aliphatic carbocycles. The molecule has 2 saturated heterocycles. The van der Waals surface area contributed by atoms with E-state index in [2.05, 4.69) is 20.9 Å². The smallest absolute Gasteiger partial charge is 0.237 e. The Labute approximate surface area is 186 Å². The maximum atomic E-state index is 14.4. The van der Waals surface area contributed by atoms with Crippen LogP contribution in [0.25, 0.3) is 5.57 Å². The topological polar surface area (TPSA) is 73.5 Å². The Morgan fingerprint density at radius 3 is 2.61 bits per heavy atom. The van der Waals surface area contributed by atoms with E-state index >= 15 is 0 Å². The van der Waals surface area contributed by atoms with E-state index in [1.165, 1.54) is 30.7 Å². The molecule has 4 aliphatic rings. The normalized spacial score (nSPS) is 30.0.